The van der Waals surface area contributed by atoms with E-state index in [9.17, 15) is 23.2 Å². The van der Waals surface area contributed by atoms with Crippen molar-refractivity contribution in [2.75, 3.05) is 13.1 Å². The smallest absolute Gasteiger partial charge is 0.408 e. The Labute approximate surface area is 120 Å². The summed E-state index contributed by atoms with van der Waals surface area (Å²) in [6.07, 6.45) is -1.65. The second-order valence-corrected chi connectivity index (χ2v) is 5.86. The molecule has 21 heavy (non-hydrogen) atoms. The largest absolute Gasteiger partial charge is 0.444 e. The number of carbonyl (C=O) groups excluding carboxylic acids is 3. The molecule has 9 heteroatoms. The fourth-order valence-electron chi connectivity index (χ4n) is 1.90. The van der Waals surface area contributed by atoms with Crippen molar-refractivity contribution in [1.29, 1.82) is 0 Å². The van der Waals surface area contributed by atoms with Gasteiger partial charge in [-0.15, -0.1) is 0 Å². The number of hydrogen-bond donors (Lipinski definition) is 2. The minimum atomic E-state index is -3.17. The summed E-state index contributed by atoms with van der Waals surface area (Å²) < 4.78 is 31.5. The first-order valence-electron chi connectivity index (χ1n) is 6.35. The molecule has 0 unspecified atom stereocenters. The summed E-state index contributed by atoms with van der Waals surface area (Å²) in [7, 11) is 0. The zero-order valence-corrected chi connectivity index (χ0v) is 12.1. The Morgan fingerprint density at radius 1 is 1.38 bits per heavy atom. The molecule has 0 saturated carbocycles. The van der Waals surface area contributed by atoms with Gasteiger partial charge in [-0.25, -0.2) is 13.6 Å². The number of rotatable bonds is 3. The van der Waals surface area contributed by atoms with E-state index in [0.29, 0.717) is 4.90 Å². The molecular formula is C12H19F2N3O4. The first kappa shape index (κ1) is 17.1. The molecular weight excluding hydrogens is 288 g/mol. The molecule has 1 aliphatic heterocycles. The van der Waals surface area contributed by atoms with Crippen LogP contribution >= 0.6 is 0 Å². The van der Waals surface area contributed by atoms with Crippen LogP contribution in [-0.2, 0) is 14.3 Å². The van der Waals surface area contributed by atoms with Crippen molar-refractivity contribution in [2.24, 2.45) is 5.73 Å². The second kappa shape index (κ2) is 5.82. The van der Waals surface area contributed by atoms with Crippen molar-refractivity contribution >= 4 is 17.9 Å². The summed E-state index contributed by atoms with van der Waals surface area (Å²) in [6.45, 7) is 3.47. The highest BCUT2D eigenvalue weighted by Gasteiger charge is 2.49. The predicted molar refractivity (Wildman–Crippen MR) is 68.5 cm³/mol. The molecule has 3 amide bonds. The molecule has 1 fully saturated rings. The van der Waals surface area contributed by atoms with Gasteiger partial charge in [-0.3, -0.25) is 9.59 Å². The lowest BCUT2D eigenvalue weighted by atomic mass is 10.2. The number of nitrogens with one attached hydrogen (secondary N) is 1. The molecule has 1 aliphatic rings. The number of likely N-dealkylation sites (tertiary alicyclic amines) is 1. The molecule has 0 aromatic heterocycles. The number of hydrogen-bond acceptors (Lipinski definition) is 4. The number of nitrogens with zero attached hydrogens (tertiary/aromatic N) is 1. The van der Waals surface area contributed by atoms with Crippen molar-refractivity contribution in [1.82, 2.24) is 10.2 Å². The molecule has 7 nitrogen and oxygen atoms in total. The van der Waals surface area contributed by atoms with Crippen LogP contribution in [0.1, 0.15) is 27.2 Å². The third kappa shape index (κ3) is 5.16. The average molecular weight is 307 g/mol. The molecule has 1 saturated heterocycles. The van der Waals surface area contributed by atoms with Gasteiger partial charge in [-0.2, -0.15) is 0 Å². The van der Waals surface area contributed by atoms with Crippen LogP contribution in [0, 0.1) is 0 Å². The SMILES string of the molecule is CC(C)(C)OC(=O)NCC(=O)N1CC(F)(F)C[C@H]1C(N)=O. The molecule has 0 aromatic carbocycles. The van der Waals surface area contributed by atoms with E-state index in [1.807, 2.05) is 0 Å². The van der Waals surface area contributed by atoms with Gasteiger partial charge in [0.25, 0.3) is 5.92 Å². The predicted octanol–water partition coefficient (Wildman–Crippen LogP) is 0.233. The Morgan fingerprint density at radius 2 is 1.95 bits per heavy atom. The molecule has 120 valence electrons. The summed E-state index contributed by atoms with van der Waals surface area (Å²) >= 11 is 0. The monoisotopic (exact) mass is 307 g/mol. The number of amides is 3. The van der Waals surface area contributed by atoms with Crippen molar-refractivity contribution in [3.63, 3.8) is 0 Å². The Morgan fingerprint density at radius 3 is 2.43 bits per heavy atom. The zero-order chi connectivity index (χ0) is 16.4. The standard InChI is InChI=1S/C12H19F2N3O4/c1-11(2,3)21-10(20)16-5-8(18)17-6-12(13,14)4-7(17)9(15)19/h7H,4-6H2,1-3H3,(H2,15,19)(H,16,20)/t7-/m0/s1. The summed E-state index contributed by atoms with van der Waals surface area (Å²) in [5.41, 5.74) is 4.26. The third-order valence-corrected chi connectivity index (χ3v) is 2.70. The fourth-order valence-corrected chi connectivity index (χ4v) is 1.90. The second-order valence-electron chi connectivity index (χ2n) is 5.86. The van der Waals surface area contributed by atoms with E-state index >= 15 is 0 Å². The molecule has 0 aliphatic carbocycles. The van der Waals surface area contributed by atoms with Crippen molar-refractivity contribution in [2.45, 2.75) is 44.8 Å². The van der Waals surface area contributed by atoms with Gasteiger partial charge in [0, 0.05) is 6.42 Å². The maximum atomic E-state index is 13.3. The normalized spacial score (nSPS) is 21.0. The minimum absolute atomic E-state index is 0.547. The van der Waals surface area contributed by atoms with Gasteiger partial charge in [0.1, 0.15) is 18.2 Å². The van der Waals surface area contributed by atoms with E-state index in [0.717, 1.165) is 0 Å². The topological polar surface area (TPSA) is 102 Å². The lowest BCUT2D eigenvalue weighted by Crippen LogP contribution is -2.48. The molecule has 3 N–H and O–H groups in total. The number of primary amides is 1. The molecule has 1 heterocycles. The third-order valence-electron chi connectivity index (χ3n) is 2.70. The molecule has 0 bridgehead atoms. The summed E-state index contributed by atoms with van der Waals surface area (Å²) in [5, 5.41) is 2.15. The highest BCUT2D eigenvalue weighted by Crippen LogP contribution is 2.31. The lowest BCUT2D eigenvalue weighted by molar-refractivity contribution is -0.136. The number of ether oxygens (including phenoxy) is 1. The number of carbonyl (C=O) groups is 3. The molecule has 0 spiro atoms. The Balaban J connectivity index is 2.59. The van der Waals surface area contributed by atoms with Crippen molar-refractivity contribution < 1.29 is 27.9 Å². The van der Waals surface area contributed by atoms with Crippen LogP contribution in [0.3, 0.4) is 0 Å². The van der Waals surface area contributed by atoms with E-state index in [4.69, 9.17) is 10.5 Å². The number of nitrogens with two attached hydrogens (primary N) is 1. The van der Waals surface area contributed by atoms with E-state index in [1.165, 1.54) is 0 Å². The van der Waals surface area contributed by atoms with E-state index in [1.54, 1.807) is 20.8 Å². The average Bonchev–Trinajstić information content (AvgIpc) is 2.60. The van der Waals surface area contributed by atoms with Gasteiger partial charge >= 0.3 is 6.09 Å². The van der Waals surface area contributed by atoms with Crippen molar-refractivity contribution in [3.05, 3.63) is 0 Å². The van der Waals surface area contributed by atoms with E-state index in [-0.39, 0.29) is 0 Å². The van der Waals surface area contributed by atoms with Crippen LogP contribution in [0.5, 0.6) is 0 Å². The lowest BCUT2D eigenvalue weighted by Gasteiger charge is -2.23. The number of alkyl carbamates (subject to hydrolysis) is 1. The van der Waals surface area contributed by atoms with Gasteiger partial charge in [0.15, 0.2) is 0 Å². The van der Waals surface area contributed by atoms with Gasteiger partial charge in [0.2, 0.25) is 11.8 Å². The molecule has 1 atom stereocenters. The van der Waals surface area contributed by atoms with Crippen LogP contribution in [0.2, 0.25) is 0 Å². The zero-order valence-electron chi connectivity index (χ0n) is 12.1. The van der Waals surface area contributed by atoms with E-state index < -0.39 is 55.0 Å². The number of halogens is 2. The summed E-state index contributed by atoms with van der Waals surface area (Å²) in [6, 6.07) is -1.37. The first-order chi connectivity index (χ1) is 9.41. The summed E-state index contributed by atoms with van der Waals surface area (Å²) in [5.74, 6) is -4.99. The van der Waals surface area contributed by atoms with Crippen LogP contribution in [0.15, 0.2) is 0 Å². The van der Waals surface area contributed by atoms with Crippen LogP contribution in [-0.4, -0.2) is 53.5 Å². The fraction of sp³-hybridized carbons (Fsp3) is 0.750. The highest BCUT2D eigenvalue weighted by molar-refractivity contribution is 5.89. The minimum Gasteiger partial charge on any atom is -0.444 e. The van der Waals surface area contributed by atoms with E-state index in [2.05, 4.69) is 5.32 Å². The van der Waals surface area contributed by atoms with Crippen LogP contribution < -0.4 is 11.1 Å². The molecule has 1 rings (SSSR count). The summed E-state index contributed by atoms with van der Waals surface area (Å²) in [4.78, 5) is 35.0. The first-order valence-corrected chi connectivity index (χ1v) is 6.35. The highest BCUT2D eigenvalue weighted by atomic mass is 19.3. The number of alkyl halides is 2. The maximum absolute atomic E-state index is 13.3. The van der Waals surface area contributed by atoms with Crippen molar-refractivity contribution in [3.8, 4) is 0 Å². The maximum Gasteiger partial charge on any atom is 0.408 e. The van der Waals surface area contributed by atoms with Crippen LogP contribution in [0.25, 0.3) is 0 Å². The van der Waals surface area contributed by atoms with Gasteiger partial charge in [-0.1, -0.05) is 0 Å². The Hall–Kier alpha value is -1.93. The van der Waals surface area contributed by atoms with Gasteiger partial charge < -0.3 is 20.7 Å². The molecule has 0 aromatic rings. The van der Waals surface area contributed by atoms with Crippen LogP contribution in [0.4, 0.5) is 13.6 Å². The molecule has 0 radical (unpaired) electrons. The Bertz CT molecular complexity index is 448. The quantitative estimate of drug-likeness (QED) is 0.779. The van der Waals surface area contributed by atoms with Gasteiger partial charge in [-0.05, 0) is 20.8 Å². The Kier molecular flexibility index (Phi) is 4.75. The van der Waals surface area contributed by atoms with Gasteiger partial charge in [0.05, 0.1) is 6.54 Å².